The molecule has 0 aromatic rings. The van der Waals surface area contributed by atoms with Crippen LogP contribution in [0.25, 0.3) is 0 Å². The summed E-state index contributed by atoms with van der Waals surface area (Å²) >= 11 is 0. The van der Waals surface area contributed by atoms with E-state index in [9.17, 15) is 9.59 Å². The Morgan fingerprint density at radius 2 is 2.07 bits per heavy atom. The maximum Gasteiger partial charge on any atom is 0.314 e. The van der Waals surface area contributed by atoms with Crippen molar-refractivity contribution in [2.45, 2.75) is 25.9 Å². The fourth-order valence-electron chi connectivity index (χ4n) is 0.824. The molecule has 15 heavy (non-hydrogen) atoms. The Morgan fingerprint density at radius 1 is 1.40 bits per heavy atom. The summed E-state index contributed by atoms with van der Waals surface area (Å²) in [4.78, 5) is 21.2. The molecule has 6 heteroatoms. The first-order valence-corrected chi connectivity index (χ1v) is 4.82. The molecule has 0 aliphatic rings. The summed E-state index contributed by atoms with van der Waals surface area (Å²) in [6, 6.07) is -0.302. The molecular weight excluding hydrogens is 200 g/mol. The summed E-state index contributed by atoms with van der Waals surface area (Å²) in [6.45, 7) is 2.63. The van der Waals surface area contributed by atoms with Crippen LogP contribution in [0, 0.1) is 0 Å². The number of carbonyl (C=O) groups excluding carboxylic acids is 1. The number of hydrogen-bond donors (Lipinski definition) is 3. The first-order chi connectivity index (χ1) is 7.06. The van der Waals surface area contributed by atoms with E-state index in [4.69, 9.17) is 9.84 Å². The van der Waals surface area contributed by atoms with Crippen LogP contribution in [-0.4, -0.2) is 43.4 Å². The molecule has 2 amide bonds. The average Bonchev–Trinajstić information content (AvgIpc) is 2.20. The summed E-state index contributed by atoms with van der Waals surface area (Å²) < 4.78 is 4.94. The van der Waals surface area contributed by atoms with Crippen LogP contribution in [0.15, 0.2) is 0 Å². The number of methoxy groups -OCH3 is 1. The van der Waals surface area contributed by atoms with Crippen LogP contribution in [-0.2, 0) is 9.53 Å². The van der Waals surface area contributed by atoms with Crippen molar-refractivity contribution in [3.05, 3.63) is 0 Å². The molecule has 0 saturated carbocycles. The zero-order valence-electron chi connectivity index (χ0n) is 9.08. The van der Waals surface area contributed by atoms with Crippen molar-refractivity contribution in [2.75, 3.05) is 20.2 Å². The molecule has 0 aliphatic heterocycles. The Morgan fingerprint density at radius 3 is 2.60 bits per heavy atom. The van der Waals surface area contributed by atoms with Crippen molar-refractivity contribution in [1.29, 1.82) is 0 Å². The molecule has 6 nitrogen and oxygen atoms in total. The van der Waals surface area contributed by atoms with E-state index < -0.39 is 5.97 Å². The van der Waals surface area contributed by atoms with Crippen molar-refractivity contribution in [3.8, 4) is 0 Å². The Labute approximate surface area is 89.0 Å². The molecule has 1 unspecified atom stereocenters. The Balaban J connectivity index is 3.37. The molecule has 0 saturated heterocycles. The van der Waals surface area contributed by atoms with E-state index in [1.807, 2.05) is 6.92 Å². The monoisotopic (exact) mass is 218 g/mol. The van der Waals surface area contributed by atoms with Crippen LogP contribution < -0.4 is 10.6 Å². The van der Waals surface area contributed by atoms with Gasteiger partial charge in [0, 0.05) is 26.6 Å². The van der Waals surface area contributed by atoms with E-state index in [-0.39, 0.29) is 18.6 Å². The number of hydrogen-bond acceptors (Lipinski definition) is 3. The number of carboxylic acid groups (broad SMARTS) is 1. The highest BCUT2D eigenvalue weighted by molar-refractivity contribution is 5.73. The number of carboxylic acids is 1. The van der Waals surface area contributed by atoms with Crippen LogP contribution in [0.5, 0.6) is 0 Å². The summed E-state index contributed by atoms with van der Waals surface area (Å²) in [6.07, 6.45) is 0.465. The van der Waals surface area contributed by atoms with Crippen molar-refractivity contribution in [3.63, 3.8) is 0 Å². The van der Waals surface area contributed by atoms with Gasteiger partial charge < -0.3 is 20.5 Å². The van der Waals surface area contributed by atoms with E-state index in [1.165, 1.54) is 0 Å². The fourth-order valence-corrected chi connectivity index (χ4v) is 0.824. The minimum Gasteiger partial charge on any atom is -0.481 e. The first kappa shape index (κ1) is 13.7. The average molecular weight is 218 g/mol. The summed E-state index contributed by atoms with van der Waals surface area (Å²) in [5, 5.41) is 13.5. The van der Waals surface area contributed by atoms with Gasteiger partial charge in [-0.15, -0.1) is 0 Å². The van der Waals surface area contributed by atoms with Gasteiger partial charge in [-0.3, -0.25) is 4.79 Å². The van der Waals surface area contributed by atoms with Crippen LogP contribution in [0.2, 0.25) is 0 Å². The number of urea groups is 1. The van der Waals surface area contributed by atoms with E-state index in [1.54, 1.807) is 7.11 Å². The second kappa shape index (κ2) is 8.05. The Kier molecular flexibility index (Phi) is 7.35. The number of carbonyl (C=O) groups is 2. The lowest BCUT2D eigenvalue weighted by atomic mass is 10.3. The third-order valence-electron chi connectivity index (χ3n) is 1.81. The van der Waals surface area contributed by atoms with Gasteiger partial charge in [0.1, 0.15) is 0 Å². The van der Waals surface area contributed by atoms with Gasteiger partial charge in [0.2, 0.25) is 0 Å². The molecule has 0 aliphatic carbocycles. The third kappa shape index (κ3) is 9.01. The highest BCUT2D eigenvalue weighted by Crippen LogP contribution is 1.86. The van der Waals surface area contributed by atoms with Crippen LogP contribution in [0.3, 0.4) is 0 Å². The number of aliphatic carboxylic acids is 1. The summed E-state index contributed by atoms with van der Waals surface area (Å²) in [5.41, 5.74) is 0. The summed E-state index contributed by atoms with van der Waals surface area (Å²) in [7, 11) is 1.57. The van der Waals surface area contributed by atoms with Crippen molar-refractivity contribution >= 4 is 12.0 Å². The lowest BCUT2D eigenvalue weighted by Crippen LogP contribution is -2.39. The van der Waals surface area contributed by atoms with E-state index in [0.717, 1.165) is 0 Å². The van der Waals surface area contributed by atoms with Gasteiger partial charge >= 0.3 is 12.0 Å². The zero-order chi connectivity index (χ0) is 11.7. The highest BCUT2D eigenvalue weighted by atomic mass is 16.5. The molecule has 3 N–H and O–H groups in total. The SMILES string of the molecule is COC(C)CNC(=O)NCCCC(=O)O. The minimum atomic E-state index is -0.856. The van der Waals surface area contributed by atoms with Gasteiger partial charge in [0.25, 0.3) is 0 Å². The van der Waals surface area contributed by atoms with Crippen molar-refractivity contribution in [1.82, 2.24) is 10.6 Å². The number of nitrogens with one attached hydrogen (secondary N) is 2. The molecule has 0 fully saturated rings. The van der Waals surface area contributed by atoms with E-state index >= 15 is 0 Å². The molecule has 88 valence electrons. The van der Waals surface area contributed by atoms with Gasteiger partial charge in [0.15, 0.2) is 0 Å². The molecule has 0 aromatic heterocycles. The van der Waals surface area contributed by atoms with Gasteiger partial charge in [-0.25, -0.2) is 4.79 Å². The van der Waals surface area contributed by atoms with Crippen molar-refractivity contribution in [2.24, 2.45) is 0 Å². The van der Waals surface area contributed by atoms with Gasteiger partial charge in [-0.05, 0) is 13.3 Å². The molecule has 0 radical (unpaired) electrons. The summed E-state index contributed by atoms with van der Waals surface area (Å²) in [5.74, 6) is -0.856. The Hall–Kier alpha value is -1.30. The quantitative estimate of drug-likeness (QED) is 0.532. The third-order valence-corrected chi connectivity index (χ3v) is 1.81. The maximum atomic E-state index is 11.1. The molecule has 0 aromatic carbocycles. The van der Waals surface area contributed by atoms with Crippen LogP contribution in [0.4, 0.5) is 4.79 Å². The smallest absolute Gasteiger partial charge is 0.314 e. The second-order valence-electron chi connectivity index (χ2n) is 3.18. The standard InChI is InChI=1S/C9H18N2O4/c1-7(15-2)6-11-9(14)10-5-3-4-8(12)13/h7H,3-6H2,1-2H3,(H,12,13)(H2,10,11,14). The number of ether oxygens (including phenoxy) is 1. The topological polar surface area (TPSA) is 87.7 Å². The number of rotatable bonds is 7. The minimum absolute atomic E-state index is 0.0326. The van der Waals surface area contributed by atoms with Crippen molar-refractivity contribution < 1.29 is 19.4 Å². The van der Waals surface area contributed by atoms with Crippen LogP contribution in [0.1, 0.15) is 19.8 Å². The van der Waals surface area contributed by atoms with Gasteiger partial charge in [0.05, 0.1) is 6.10 Å². The largest absolute Gasteiger partial charge is 0.481 e. The molecule has 0 rings (SSSR count). The molecule has 0 spiro atoms. The molecule has 0 heterocycles. The highest BCUT2D eigenvalue weighted by Gasteiger charge is 2.03. The van der Waals surface area contributed by atoms with E-state index in [2.05, 4.69) is 10.6 Å². The predicted molar refractivity (Wildman–Crippen MR) is 54.7 cm³/mol. The van der Waals surface area contributed by atoms with Gasteiger partial charge in [-0.2, -0.15) is 0 Å². The first-order valence-electron chi connectivity index (χ1n) is 4.82. The normalized spacial score (nSPS) is 11.9. The zero-order valence-corrected chi connectivity index (χ0v) is 9.08. The second-order valence-corrected chi connectivity index (χ2v) is 3.18. The molecular formula is C9H18N2O4. The maximum absolute atomic E-state index is 11.1. The number of amides is 2. The lowest BCUT2D eigenvalue weighted by molar-refractivity contribution is -0.137. The molecule has 1 atom stereocenters. The lowest BCUT2D eigenvalue weighted by Gasteiger charge is -2.11. The fraction of sp³-hybridized carbons (Fsp3) is 0.778. The van der Waals surface area contributed by atoms with Gasteiger partial charge in [-0.1, -0.05) is 0 Å². The Bertz CT molecular complexity index is 208. The van der Waals surface area contributed by atoms with Crippen LogP contribution >= 0.6 is 0 Å². The predicted octanol–water partition coefficient (Wildman–Crippen LogP) is 0.185. The van der Waals surface area contributed by atoms with E-state index in [0.29, 0.717) is 19.5 Å². The molecule has 0 bridgehead atoms.